The second-order valence-electron chi connectivity index (χ2n) is 8.99. The molecule has 2 aromatic heterocycles. The van der Waals surface area contributed by atoms with Crippen LogP contribution < -0.4 is 20.3 Å². The number of nitrogens with one attached hydrogen (secondary N) is 1. The van der Waals surface area contributed by atoms with Crippen LogP contribution >= 0.6 is 0 Å². The van der Waals surface area contributed by atoms with Crippen LogP contribution in [-0.2, 0) is 7.05 Å². The van der Waals surface area contributed by atoms with E-state index in [4.69, 9.17) is 9.47 Å². The Labute approximate surface area is 220 Å². The highest BCUT2D eigenvalue weighted by molar-refractivity contribution is 5.86. The first kappa shape index (κ1) is 25.1. The zero-order valence-electron chi connectivity index (χ0n) is 21.6. The maximum absolute atomic E-state index is 13.2. The Kier molecular flexibility index (Phi) is 7.15. The van der Waals surface area contributed by atoms with E-state index < -0.39 is 6.23 Å². The van der Waals surface area contributed by atoms with Crippen molar-refractivity contribution in [3.8, 4) is 22.9 Å². The molecule has 8 heteroatoms. The van der Waals surface area contributed by atoms with E-state index in [0.29, 0.717) is 35.1 Å². The molecular formula is C30H30N4O4. The number of aliphatic hydroxyl groups is 1. The predicted octanol–water partition coefficient (Wildman–Crippen LogP) is 5.72. The molecule has 8 nitrogen and oxygen atoms in total. The smallest absolute Gasteiger partial charge is 0.279 e. The first-order chi connectivity index (χ1) is 18.5. The lowest BCUT2D eigenvalue weighted by molar-refractivity contribution is 0.206. The molecule has 2 N–H and O–H groups in total. The number of anilines is 1. The van der Waals surface area contributed by atoms with E-state index >= 15 is 0 Å². The van der Waals surface area contributed by atoms with Crippen LogP contribution in [0.5, 0.6) is 17.2 Å². The quantitative estimate of drug-likeness (QED) is 0.247. The third-order valence-corrected chi connectivity index (χ3v) is 6.40. The summed E-state index contributed by atoms with van der Waals surface area (Å²) in [4.78, 5) is 17.6. The van der Waals surface area contributed by atoms with Crippen molar-refractivity contribution in [2.24, 2.45) is 7.05 Å². The number of fused-ring (bicyclic) bond motifs is 1. The standard InChI is InChI=1S/C30H30N4O4/c1-4-18-37-24-14-15-25-26(19-24)31-17-16-27(25)38-23-12-10-21(11-13-23)32-29(35)28-20(2)33(3)34(30(28)36)22-8-6-5-7-9-22/h5-17,19,29,32,35H,4,18H2,1-3H3. The number of aliphatic hydroxyl groups excluding tert-OH is 1. The monoisotopic (exact) mass is 510 g/mol. The van der Waals surface area contributed by atoms with Gasteiger partial charge in [-0.25, -0.2) is 4.68 Å². The van der Waals surface area contributed by atoms with Crippen molar-refractivity contribution in [1.29, 1.82) is 0 Å². The Morgan fingerprint density at radius 1 is 1.00 bits per heavy atom. The Morgan fingerprint density at radius 2 is 1.74 bits per heavy atom. The number of rotatable bonds is 9. The first-order valence-electron chi connectivity index (χ1n) is 12.5. The van der Waals surface area contributed by atoms with Gasteiger partial charge in [0.05, 0.1) is 23.4 Å². The molecule has 3 aromatic carbocycles. The van der Waals surface area contributed by atoms with E-state index in [2.05, 4.69) is 17.2 Å². The lowest BCUT2D eigenvalue weighted by Crippen LogP contribution is -2.24. The summed E-state index contributed by atoms with van der Waals surface area (Å²) in [5.41, 5.74) is 2.86. The fourth-order valence-electron chi connectivity index (χ4n) is 4.38. The Balaban J connectivity index is 1.32. The summed E-state index contributed by atoms with van der Waals surface area (Å²) in [5.74, 6) is 2.09. The molecule has 1 unspecified atom stereocenters. The van der Waals surface area contributed by atoms with Crippen LogP contribution in [0.3, 0.4) is 0 Å². The maximum Gasteiger partial charge on any atom is 0.279 e. The zero-order chi connectivity index (χ0) is 26.6. The number of ether oxygens (including phenoxy) is 2. The van der Waals surface area contributed by atoms with Crippen molar-refractivity contribution in [3.63, 3.8) is 0 Å². The molecule has 0 aliphatic carbocycles. The van der Waals surface area contributed by atoms with Crippen molar-refractivity contribution in [1.82, 2.24) is 14.3 Å². The maximum atomic E-state index is 13.2. The van der Waals surface area contributed by atoms with Gasteiger partial charge in [-0.1, -0.05) is 25.1 Å². The van der Waals surface area contributed by atoms with Gasteiger partial charge in [-0.3, -0.25) is 14.5 Å². The van der Waals surface area contributed by atoms with Crippen LogP contribution in [0.2, 0.25) is 0 Å². The third-order valence-electron chi connectivity index (χ3n) is 6.40. The minimum absolute atomic E-state index is 0.274. The molecular weight excluding hydrogens is 480 g/mol. The highest BCUT2D eigenvalue weighted by Gasteiger charge is 2.22. The van der Waals surface area contributed by atoms with Crippen molar-refractivity contribution in [3.05, 3.63) is 107 Å². The normalized spacial score (nSPS) is 11.9. The van der Waals surface area contributed by atoms with E-state index in [1.54, 1.807) is 46.9 Å². The van der Waals surface area contributed by atoms with Gasteiger partial charge in [-0.05, 0) is 67.9 Å². The van der Waals surface area contributed by atoms with Gasteiger partial charge >= 0.3 is 0 Å². The number of benzene rings is 3. The molecule has 0 spiro atoms. The van der Waals surface area contributed by atoms with E-state index in [0.717, 1.165) is 28.8 Å². The highest BCUT2D eigenvalue weighted by atomic mass is 16.5. The predicted molar refractivity (Wildman–Crippen MR) is 148 cm³/mol. The number of aromatic nitrogens is 3. The van der Waals surface area contributed by atoms with Gasteiger partial charge in [0.2, 0.25) is 0 Å². The van der Waals surface area contributed by atoms with Crippen LogP contribution in [0, 0.1) is 6.92 Å². The van der Waals surface area contributed by atoms with Crippen LogP contribution in [0.25, 0.3) is 16.6 Å². The minimum Gasteiger partial charge on any atom is -0.494 e. The fraction of sp³-hybridized carbons (Fsp3) is 0.200. The molecule has 0 fully saturated rings. The summed E-state index contributed by atoms with van der Waals surface area (Å²) >= 11 is 0. The van der Waals surface area contributed by atoms with Gasteiger partial charge in [-0.2, -0.15) is 0 Å². The molecule has 0 radical (unpaired) electrons. The van der Waals surface area contributed by atoms with Crippen molar-refractivity contribution < 1.29 is 14.6 Å². The molecule has 0 saturated heterocycles. The molecule has 0 aliphatic heterocycles. The zero-order valence-corrected chi connectivity index (χ0v) is 21.6. The summed E-state index contributed by atoms with van der Waals surface area (Å²) < 4.78 is 15.1. The second kappa shape index (κ2) is 10.8. The Morgan fingerprint density at radius 3 is 2.47 bits per heavy atom. The summed E-state index contributed by atoms with van der Waals surface area (Å²) in [5, 5.41) is 14.8. The van der Waals surface area contributed by atoms with E-state index in [1.165, 1.54) is 0 Å². The molecule has 194 valence electrons. The van der Waals surface area contributed by atoms with Crippen molar-refractivity contribution in [2.45, 2.75) is 26.5 Å². The molecule has 2 heterocycles. The average molecular weight is 511 g/mol. The first-order valence-corrected chi connectivity index (χ1v) is 12.5. The Hall–Kier alpha value is -4.56. The molecule has 38 heavy (non-hydrogen) atoms. The number of hydrogen-bond donors (Lipinski definition) is 2. The minimum atomic E-state index is -1.18. The van der Waals surface area contributed by atoms with E-state index in [9.17, 15) is 9.90 Å². The second-order valence-corrected chi connectivity index (χ2v) is 8.99. The summed E-state index contributed by atoms with van der Waals surface area (Å²) in [6, 6.07) is 24.1. The van der Waals surface area contributed by atoms with Gasteiger partial charge in [0.25, 0.3) is 5.56 Å². The molecule has 0 amide bonds. The van der Waals surface area contributed by atoms with Crippen LogP contribution in [-0.4, -0.2) is 26.1 Å². The molecule has 0 saturated carbocycles. The lowest BCUT2D eigenvalue weighted by atomic mass is 10.2. The van der Waals surface area contributed by atoms with E-state index in [1.807, 2.05) is 61.5 Å². The lowest BCUT2D eigenvalue weighted by Gasteiger charge is -2.14. The Bertz CT molecular complexity index is 1610. The molecule has 1 atom stereocenters. The van der Waals surface area contributed by atoms with Crippen LogP contribution in [0.15, 0.2) is 89.9 Å². The molecule has 0 bridgehead atoms. The van der Waals surface area contributed by atoms with Gasteiger partial charge < -0.3 is 19.9 Å². The molecule has 5 rings (SSSR count). The number of hydrogen-bond acceptors (Lipinski definition) is 6. The SMILES string of the molecule is CCCOc1ccc2c(Oc3ccc(NC(O)c4c(C)n(C)n(-c5ccccc5)c4=O)cc3)ccnc2c1. The molecule has 0 aliphatic rings. The van der Waals surface area contributed by atoms with E-state index in [-0.39, 0.29) is 5.56 Å². The fourth-order valence-corrected chi connectivity index (χ4v) is 4.38. The van der Waals surface area contributed by atoms with Gasteiger partial charge in [0, 0.05) is 36.1 Å². The van der Waals surface area contributed by atoms with Gasteiger partial charge in [0.1, 0.15) is 17.2 Å². The van der Waals surface area contributed by atoms with Gasteiger partial charge in [-0.15, -0.1) is 0 Å². The number of pyridine rings is 1. The topological polar surface area (TPSA) is 90.5 Å². The van der Waals surface area contributed by atoms with Crippen molar-refractivity contribution in [2.75, 3.05) is 11.9 Å². The highest BCUT2D eigenvalue weighted by Crippen LogP contribution is 2.31. The number of nitrogens with zero attached hydrogens (tertiary/aromatic N) is 3. The summed E-state index contributed by atoms with van der Waals surface area (Å²) in [6.45, 7) is 4.54. The van der Waals surface area contributed by atoms with Crippen LogP contribution in [0.1, 0.15) is 30.8 Å². The largest absolute Gasteiger partial charge is 0.494 e. The average Bonchev–Trinajstić information content (AvgIpc) is 3.16. The summed E-state index contributed by atoms with van der Waals surface area (Å²) in [6.07, 6.45) is 1.46. The van der Waals surface area contributed by atoms with Crippen molar-refractivity contribution >= 4 is 16.6 Å². The number of para-hydroxylation sites is 1. The molecule has 5 aromatic rings. The third kappa shape index (κ3) is 4.99. The van der Waals surface area contributed by atoms with Gasteiger partial charge in [0.15, 0.2) is 6.23 Å². The summed E-state index contributed by atoms with van der Waals surface area (Å²) in [7, 11) is 1.80. The van der Waals surface area contributed by atoms with Crippen LogP contribution in [0.4, 0.5) is 5.69 Å².